The Morgan fingerprint density at radius 3 is 2.50 bits per heavy atom. The summed E-state index contributed by atoms with van der Waals surface area (Å²) in [5.41, 5.74) is 0.534. The van der Waals surface area contributed by atoms with E-state index in [1.54, 1.807) is 24.3 Å². The lowest BCUT2D eigenvalue weighted by Gasteiger charge is -2.20. The topological polar surface area (TPSA) is 90.9 Å². The van der Waals surface area contributed by atoms with Crippen molar-refractivity contribution in [3.63, 3.8) is 0 Å². The first-order chi connectivity index (χ1) is 12.0. The van der Waals surface area contributed by atoms with E-state index in [9.17, 15) is 13.2 Å². The third-order valence-corrected chi connectivity index (χ3v) is 6.80. The van der Waals surface area contributed by atoms with Gasteiger partial charge in [0.05, 0.1) is 4.90 Å². The van der Waals surface area contributed by atoms with Gasteiger partial charge < -0.3 is 10.2 Å². The average Bonchev–Trinajstić information content (AvgIpc) is 3.09. The molecule has 3 aliphatic heterocycles. The Balaban J connectivity index is 0.00000196. The maximum absolute atomic E-state index is 12.5. The monoisotopic (exact) mass is 398 g/mol. The molecule has 2 fully saturated rings. The number of carbonyl (C=O) groups excluding carboxylic acids is 1. The molecular weight excluding hydrogens is 376 g/mol. The van der Waals surface area contributed by atoms with Crippen LogP contribution in [0.4, 0.5) is 0 Å². The number of carbonyl (C=O) groups is 1. The van der Waals surface area contributed by atoms with Crippen LogP contribution in [0.25, 0.3) is 0 Å². The van der Waals surface area contributed by atoms with Crippen molar-refractivity contribution in [2.24, 2.45) is 16.8 Å². The summed E-state index contributed by atoms with van der Waals surface area (Å²) in [4.78, 5) is 18.9. The second-order valence-electron chi connectivity index (χ2n) is 6.90. The molecule has 0 spiro atoms. The van der Waals surface area contributed by atoms with E-state index in [4.69, 9.17) is 0 Å². The van der Waals surface area contributed by atoms with Gasteiger partial charge in [0, 0.05) is 18.7 Å². The summed E-state index contributed by atoms with van der Waals surface area (Å²) < 4.78 is 26.6. The number of nitrogens with zero attached hydrogens (tertiary/aromatic N) is 2. The number of fused-ring (bicyclic) bond motifs is 2. The van der Waals surface area contributed by atoms with Crippen molar-refractivity contribution in [3.8, 4) is 0 Å². The lowest BCUT2D eigenvalue weighted by atomic mass is 9.92. The SMILES string of the molecule is Cl.O=C(CN=C1NS(=O)(=O)c2ccccc21)N1CC[C@@H]2CNC[C@@H]2CC1. The third kappa shape index (κ3) is 3.58. The van der Waals surface area contributed by atoms with Crippen molar-refractivity contribution in [1.29, 1.82) is 0 Å². The van der Waals surface area contributed by atoms with Crippen LogP contribution in [0.1, 0.15) is 18.4 Å². The van der Waals surface area contributed by atoms with Gasteiger partial charge in [0.1, 0.15) is 12.4 Å². The Kier molecular flexibility index (Phi) is 5.55. The number of aliphatic imine (C=N–C) groups is 1. The summed E-state index contributed by atoms with van der Waals surface area (Å²) in [5, 5.41) is 3.42. The first kappa shape index (κ1) is 19.1. The summed E-state index contributed by atoms with van der Waals surface area (Å²) in [6.45, 7) is 3.59. The first-order valence-electron chi connectivity index (χ1n) is 8.70. The molecule has 0 aliphatic carbocycles. The van der Waals surface area contributed by atoms with Crippen molar-refractivity contribution in [1.82, 2.24) is 14.9 Å². The molecule has 3 aliphatic rings. The number of rotatable bonds is 2. The molecule has 0 bridgehead atoms. The molecule has 142 valence electrons. The summed E-state index contributed by atoms with van der Waals surface area (Å²) in [6, 6.07) is 6.69. The van der Waals surface area contributed by atoms with E-state index in [2.05, 4.69) is 15.0 Å². The highest BCUT2D eigenvalue weighted by molar-refractivity contribution is 7.90. The molecule has 9 heteroatoms. The van der Waals surface area contributed by atoms with Crippen molar-refractivity contribution < 1.29 is 13.2 Å². The van der Waals surface area contributed by atoms with Gasteiger partial charge in [-0.2, -0.15) is 0 Å². The zero-order chi connectivity index (χ0) is 17.4. The van der Waals surface area contributed by atoms with Crippen LogP contribution in [0.15, 0.2) is 34.2 Å². The number of amidine groups is 1. The summed E-state index contributed by atoms with van der Waals surface area (Å²) in [6.07, 6.45) is 2.05. The zero-order valence-electron chi connectivity index (χ0n) is 14.3. The van der Waals surface area contributed by atoms with E-state index < -0.39 is 10.0 Å². The van der Waals surface area contributed by atoms with Gasteiger partial charge in [-0.05, 0) is 49.9 Å². The number of amides is 1. The van der Waals surface area contributed by atoms with Crippen LogP contribution in [0.5, 0.6) is 0 Å². The fourth-order valence-corrected chi connectivity index (χ4v) is 5.22. The van der Waals surface area contributed by atoms with Gasteiger partial charge in [0.15, 0.2) is 0 Å². The summed E-state index contributed by atoms with van der Waals surface area (Å²) in [7, 11) is -3.56. The van der Waals surface area contributed by atoms with Crippen LogP contribution >= 0.6 is 12.4 Å². The van der Waals surface area contributed by atoms with Crippen LogP contribution in [0.2, 0.25) is 0 Å². The van der Waals surface area contributed by atoms with E-state index in [0.29, 0.717) is 17.4 Å². The first-order valence-corrected chi connectivity index (χ1v) is 10.2. The van der Waals surface area contributed by atoms with Gasteiger partial charge >= 0.3 is 0 Å². The molecule has 3 heterocycles. The lowest BCUT2D eigenvalue weighted by molar-refractivity contribution is -0.129. The molecule has 1 aromatic rings. The predicted molar refractivity (Wildman–Crippen MR) is 101 cm³/mol. The van der Waals surface area contributed by atoms with Gasteiger partial charge in [-0.15, -0.1) is 12.4 Å². The van der Waals surface area contributed by atoms with Crippen LogP contribution in [0, 0.1) is 11.8 Å². The molecule has 4 rings (SSSR count). The van der Waals surface area contributed by atoms with Gasteiger partial charge in [0.2, 0.25) is 5.91 Å². The Morgan fingerprint density at radius 1 is 1.15 bits per heavy atom. The van der Waals surface area contributed by atoms with Crippen LogP contribution in [0.3, 0.4) is 0 Å². The Bertz CT molecular complexity index is 813. The predicted octanol–water partition coefficient (Wildman–Crippen LogP) is 0.605. The molecular formula is C17H23ClN4O3S. The lowest BCUT2D eigenvalue weighted by Crippen LogP contribution is -2.35. The molecule has 1 aromatic carbocycles. The molecule has 1 amide bonds. The quantitative estimate of drug-likeness (QED) is 0.763. The van der Waals surface area contributed by atoms with E-state index in [1.165, 1.54) is 0 Å². The molecule has 7 nitrogen and oxygen atoms in total. The second-order valence-corrected chi connectivity index (χ2v) is 8.55. The number of halogens is 1. The molecule has 0 unspecified atom stereocenters. The normalized spacial score (nSPS) is 27.8. The van der Waals surface area contributed by atoms with Crippen molar-refractivity contribution in [2.45, 2.75) is 17.7 Å². The fourth-order valence-electron chi connectivity index (χ4n) is 3.97. The van der Waals surface area contributed by atoms with E-state index in [1.807, 2.05) is 4.90 Å². The molecule has 2 atom stereocenters. The van der Waals surface area contributed by atoms with E-state index in [-0.39, 0.29) is 35.6 Å². The molecule has 0 aromatic heterocycles. The van der Waals surface area contributed by atoms with Crippen molar-refractivity contribution in [2.75, 3.05) is 32.7 Å². The maximum atomic E-state index is 12.5. The Labute approximate surface area is 159 Å². The van der Waals surface area contributed by atoms with E-state index in [0.717, 1.165) is 39.0 Å². The van der Waals surface area contributed by atoms with Crippen LogP contribution in [-0.4, -0.2) is 57.8 Å². The molecule has 0 radical (unpaired) electrons. The number of nitrogens with one attached hydrogen (secondary N) is 2. The van der Waals surface area contributed by atoms with Gasteiger partial charge in [-0.1, -0.05) is 12.1 Å². The minimum atomic E-state index is -3.56. The smallest absolute Gasteiger partial charge is 0.263 e. The Morgan fingerprint density at radius 2 is 1.81 bits per heavy atom. The highest BCUT2D eigenvalue weighted by Crippen LogP contribution is 2.27. The highest BCUT2D eigenvalue weighted by Gasteiger charge is 2.32. The van der Waals surface area contributed by atoms with E-state index >= 15 is 0 Å². The molecule has 2 N–H and O–H groups in total. The maximum Gasteiger partial charge on any atom is 0.263 e. The standard InChI is InChI=1S/C17H22N4O3S.ClH/c22-16(21-7-5-12-9-18-10-13(12)6-8-21)11-19-17-14-3-1-2-4-15(14)25(23,24)20-17;/h1-4,12-13,18H,5-11H2,(H,19,20);1H/t12-,13+;. The van der Waals surface area contributed by atoms with Gasteiger partial charge in [-0.25, -0.2) is 8.42 Å². The Hall–Kier alpha value is -1.64. The number of sulfonamides is 1. The van der Waals surface area contributed by atoms with Crippen LogP contribution < -0.4 is 10.0 Å². The largest absolute Gasteiger partial charge is 0.341 e. The highest BCUT2D eigenvalue weighted by atomic mass is 35.5. The third-order valence-electron chi connectivity index (χ3n) is 5.41. The number of benzene rings is 1. The van der Waals surface area contributed by atoms with Gasteiger partial charge in [-0.3, -0.25) is 14.5 Å². The number of likely N-dealkylation sites (tertiary alicyclic amines) is 1. The molecule has 26 heavy (non-hydrogen) atoms. The van der Waals surface area contributed by atoms with Crippen molar-refractivity contribution in [3.05, 3.63) is 29.8 Å². The molecule has 2 saturated heterocycles. The van der Waals surface area contributed by atoms with Crippen LogP contribution in [-0.2, 0) is 14.8 Å². The summed E-state index contributed by atoms with van der Waals surface area (Å²) in [5.74, 6) is 1.55. The minimum absolute atomic E-state index is 0. The zero-order valence-corrected chi connectivity index (χ0v) is 16.0. The molecule has 0 saturated carbocycles. The second kappa shape index (κ2) is 7.54. The minimum Gasteiger partial charge on any atom is -0.341 e. The number of hydrogen-bond acceptors (Lipinski definition) is 5. The fraction of sp³-hybridized carbons (Fsp3) is 0.529. The van der Waals surface area contributed by atoms with Gasteiger partial charge in [0.25, 0.3) is 10.0 Å². The average molecular weight is 399 g/mol. The van der Waals surface area contributed by atoms with Crippen molar-refractivity contribution >= 4 is 34.2 Å². The number of hydrogen-bond donors (Lipinski definition) is 2. The summed E-state index contributed by atoms with van der Waals surface area (Å²) >= 11 is 0.